The van der Waals surface area contributed by atoms with Crippen LogP contribution in [0.4, 0.5) is 0 Å². The van der Waals surface area contributed by atoms with Crippen molar-refractivity contribution in [2.24, 2.45) is 5.73 Å². The minimum Gasteiger partial charge on any atom is -0.389 e. The summed E-state index contributed by atoms with van der Waals surface area (Å²) in [5, 5.41) is 5.15. The van der Waals surface area contributed by atoms with Crippen molar-refractivity contribution in [3.05, 3.63) is 45.7 Å². The summed E-state index contributed by atoms with van der Waals surface area (Å²) in [5.41, 5.74) is 10.6. The number of aryl methyl sites for hydroxylation is 1. The molecule has 1 aromatic heterocycles. The fraction of sp³-hybridized carbons (Fsp3) is 0.286. The molecule has 5 heteroatoms. The van der Waals surface area contributed by atoms with Gasteiger partial charge in [0.1, 0.15) is 4.99 Å². The van der Waals surface area contributed by atoms with Crippen LogP contribution in [0.15, 0.2) is 18.2 Å². The molecule has 100 valence electrons. The summed E-state index contributed by atoms with van der Waals surface area (Å²) in [4.78, 5) is 0.344. The summed E-state index contributed by atoms with van der Waals surface area (Å²) in [6.07, 6.45) is 0.959. The predicted molar refractivity (Wildman–Crippen MR) is 83.3 cm³/mol. The number of thiocarbonyl (C=S) groups is 1. The first-order valence-corrected chi connectivity index (χ1v) is 6.89. The number of benzene rings is 1. The van der Waals surface area contributed by atoms with Crippen LogP contribution in [-0.4, -0.2) is 14.8 Å². The Morgan fingerprint density at radius 3 is 2.58 bits per heavy atom. The van der Waals surface area contributed by atoms with Crippen LogP contribution in [0.5, 0.6) is 0 Å². The van der Waals surface area contributed by atoms with Crippen molar-refractivity contribution in [1.29, 1.82) is 0 Å². The molecule has 1 aromatic carbocycles. The zero-order valence-electron chi connectivity index (χ0n) is 11.2. The van der Waals surface area contributed by atoms with Gasteiger partial charge in [-0.05, 0) is 44.0 Å². The Labute approximate surface area is 123 Å². The van der Waals surface area contributed by atoms with E-state index in [9.17, 15) is 0 Å². The second-order valence-electron chi connectivity index (χ2n) is 4.45. The molecule has 19 heavy (non-hydrogen) atoms. The number of hydrogen-bond acceptors (Lipinski definition) is 2. The van der Waals surface area contributed by atoms with Crippen LogP contribution < -0.4 is 5.73 Å². The zero-order valence-corrected chi connectivity index (χ0v) is 12.8. The largest absolute Gasteiger partial charge is 0.389 e. The summed E-state index contributed by atoms with van der Waals surface area (Å²) < 4.78 is 1.87. The van der Waals surface area contributed by atoms with E-state index >= 15 is 0 Å². The SMILES string of the molecule is CCc1c(C)nn(-c2ccc(C(N)=S)cc2Cl)c1C. The van der Waals surface area contributed by atoms with Crippen LogP contribution in [0.25, 0.3) is 5.69 Å². The topological polar surface area (TPSA) is 43.8 Å². The van der Waals surface area contributed by atoms with Crippen molar-refractivity contribution >= 4 is 28.8 Å². The number of nitrogens with zero attached hydrogens (tertiary/aromatic N) is 2. The molecule has 0 unspecified atom stereocenters. The Bertz CT molecular complexity index is 646. The zero-order chi connectivity index (χ0) is 14.2. The molecular formula is C14H16ClN3S. The smallest absolute Gasteiger partial charge is 0.104 e. The highest BCUT2D eigenvalue weighted by Gasteiger charge is 2.13. The number of aromatic nitrogens is 2. The maximum absolute atomic E-state index is 6.31. The molecule has 0 saturated carbocycles. The van der Waals surface area contributed by atoms with E-state index in [0.29, 0.717) is 10.0 Å². The first-order chi connectivity index (χ1) is 8.95. The van der Waals surface area contributed by atoms with Gasteiger partial charge < -0.3 is 5.73 Å². The third-order valence-electron chi connectivity index (χ3n) is 3.26. The second-order valence-corrected chi connectivity index (χ2v) is 5.29. The lowest BCUT2D eigenvalue weighted by atomic mass is 10.1. The average molecular weight is 294 g/mol. The minimum absolute atomic E-state index is 0.344. The van der Waals surface area contributed by atoms with Crippen LogP contribution in [0.3, 0.4) is 0 Å². The van der Waals surface area contributed by atoms with Crippen LogP contribution >= 0.6 is 23.8 Å². The van der Waals surface area contributed by atoms with Gasteiger partial charge >= 0.3 is 0 Å². The Kier molecular flexibility index (Phi) is 3.92. The molecule has 0 spiro atoms. The molecule has 3 nitrogen and oxygen atoms in total. The highest BCUT2D eigenvalue weighted by atomic mass is 35.5. The summed E-state index contributed by atoms with van der Waals surface area (Å²) in [6, 6.07) is 5.54. The van der Waals surface area contributed by atoms with Crippen LogP contribution in [0.2, 0.25) is 5.02 Å². The van der Waals surface area contributed by atoms with Gasteiger partial charge in [-0.2, -0.15) is 5.10 Å². The average Bonchev–Trinajstić information content (AvgIpc) is 2.64. The number of rotatable bonds is 3. The van der Waals surface area contributed by atoms with E-state index in [0.717, 1.165) is 29.1 Å². The Hall–Kier alpha value is -1.39. The van der Waals surface area contributed by atoms with Gasteiger partial charge in [0.15, 0.2) is 0 Å². The molecule has 0 saturated heterocycles. The maximum atomic E-state index is 6.31. The second kappa shape index (κ2) is 5.31. The van der Waals surface area contributed by atoms with Gasteiger partial charge in [0.25, 0.3) is 0 Å². The fourth-order valence-corrected chi connectivity index (χ4v) is 2.64. The lowest BCUT2D eigenvalue weighted by molar-refractivity contribution is 0.832. The van der Waals surface area contributed by atoms with Gasteiger partial charge in [0.05, 0.1) is 16.4 Å². The van der Waals surface area contributed by atoms with Crippen molar-refractivity contribution < 1.29 is 0 Å². The van der Waals surface area contributed by atoms with Gasteiger partial charge in [0, 0.05) is 11.3 Å². The van der Waals surface area contributed by atoms with E-state index in [1.54, 1.807) is 6.07 Å². The third-order valence-corrected chi connectivity index (χ3v) is 3.79. The number of halogens is 1. The number of hydrogen-bond donors (Lipinski definition) is 1. The molecule has 2 N–H and O–H groups in total. The monoisotopic (exact) mass is 293 g/mol. The molecule has 2 rings (SSSR count). The van der Waals surface area contributed by atoms with E-state index < -0.39 is 0 Å². The summed E-state index contributed by atoms with van der Waals surface area (Å²) in [7, 11) is 0. The van der Waals surface area contributed by atoms with Gasteiger partial charge in [-0.3, -0.25) is 0 Å². The first kappa shape index (κ1) is 14.0. The van der Waals surface area contributed by atoms with Crippen molar-refractivity contribution in [3.63, 3.8) is 0 Å². The van der Waals surface area contributed by atoms with Gasteiger partial charge in [-0.1, -0.05) is 30.7 Å². The van der Waals surface area contributed by atoms with Crippen LogP contribution in [0, 0.1) is 13.8 Å². The van der Waals surface area contributed by atoms with Crippen LogP contribution in [-0.2, 0) is 6.42 Å². The van der Waals surface area contributed by atoms with Gasteiger partial charge in [-0.25, -0.2) is 4.68 Å². The van der Waals surface area contributed by atoms with Crippen molar-refractivity contribution in [1.82, 2.24) is 9.78 Å². The number of nitrogens with two attached hydrogens (primary N) is 1. The quantitative estimate of drug-likeness (QED) is 0.883. The molecular weight excluding hydrogens is 278 g/mol. The van der Waals surface area contributed by atoms with Gasteiger partial charge in [-0.15, -0.1) is 0 Å². The van der Waals surface area contributed by atoms with Crippen molar-refractivity contribution in [2.45, 2.75) is 27.2 Å². The van der Waals surface area contributed by atoms with Crippen molar-refractivity contribution in [3.8, 4) is 5.69 Å². The molecule has 0 amide bonds. The van der Waals surface area contributed by atoms with E-state index in [2.05, 4.69) is 18.9 Å². The summed E-state index contributed by atoms with van der Waals surface area (Å²) >= 11 is 11.3. The van der Waals surface area contributed by atoms with E-state index in [4.69, 9.17) is 29.6 Å². The molecule has 0 aliphatic rings. The first-order valence-electron chi connectivity index (χ1n) is 6.10. The summed E-state index contributed by atoms with van der Waals surface area (Å²) in [5.74, 6) is 0. The lowest BCUT2D eigenvalue weighted by Crippen LogP contribution is -2.10. The standard InChI is InChI=1S/C14H16ClN3S/c1-4-11-8(2)17-18(9(11)3)13-6-5-10(14(16)19)7-12(13)15/h5-7H,4H2,1-3H3,(H2,16,19). The Balaban J connectivity index is 2.57. The fourth-order valence-electron chi connectivity index (χ4n) is 2.25. The van der Waals surface area contributed by atoms with Crippen LogP contribution in [0.1, 0.15) is 29.4 Å². The molecule has 1 heterocycles. The molecule has 0 aliphatic heterocycles. The maximum Gasteiger partial charge on any atom is 0.104 e. The van der Waals surface area contributed by atoms with Crippen molar-refractivity contribution in [2.75, 3.05) is 0 Å². The molecule has 0 bridgehead atoms. The third kappa shape index (κ3) is 2.51. The highest BCUT2D eigenvalue weighted by Crippen LogP contribution is 2.25. The van der Waals surface area contributed by atoms with Gasteiger partial charge in [0.2, 0.25) is 0 Å². The lowest BCUT2D eigenvalue weighted by Gasteiger charge is -2.09. The minimum atomic E-state index is 0.344. The van der Waals surface area contributed by atoms with E-state index in [1.807, 2.05) is 23.7 Å². The molecule has 0 radical (unpaired) electrons. The molecule has 0 aliphatic carbocycles. The Morgan fingerprint density at radius 1 is 1.42 bits per heavy atom. The predicted octanol–water partition coefficient (Wildman–Crippen LogP) is 3.34. The molecule has 2 aromatic rings. The summed E-state index contributed by atoms with van der Waals surface area (Å²) in [6.45, 7) is 6.19. The Morgan fingerprint density at radius 2 is 2.11 bits per heavy atom. The van der Waals surface area contributed by atoms with E-state index in [1.165, 1.54) is 5.56 Å². The highest BCUT2D eigenvalue weighted by molar-refractivity contribution is 7.80. The molecule has 0 fully saturated rings. The molecule has 0 atom stereocenters. The van der Waals surface area contributed by atoms with E-state index in [-0.39, 0.29) is 0 Å². The normalized spacial score (nSPS) is 10.7.